The van der Waals surface area contributed by atoms with Gasteiger partial charge in [0, 0.05) is 18.8 Å². The highest BCUT2D eigenvalue weighted by atomic mass is 32.1. The first kappa shape index (κ1) is 30.4. The van der Waals surface area contributed by atoms with Crippen LogP contribution in [-0.4, -0.2) is 51.9 Å². The van der Waals surface area contributed by atoms with E-state index in [4.69, 9.17) is 14.2 Å². The molecule has 0 radical (unpaired) electrons. The average molecular weight is 550 g/mol. The Morgan fingerprint density at radius 2 is 1.53 bits per heavy atom. The molecule has 12 nitrogen and oxygen atoms in total. The van der Waals surface area contributed by atoms with Crippen LogP contribution in [0.4, 0.5) is 19.5 Å². The lowest BCUT2D eigenvalue weighted by Crippen LogP contribution is -2.55. The molecular formula is C25H35N5O7S. The maximum absolute atomic E-state index is 12.5. The molecule has 1 aromatic heterocycles. The van der Waals surface area contributed by atoms with Gasteiger partial charge in [-0.3, -0.25) is 4.79 Å². The summed E-state index contributed by atoms with van der Waals surface area (Å²) in [6.07, 6.45) is -1.65. The summed E-state index contributed by atoms with van der Waals surface area (Å²) in [5.41, 5.74) is 2.04. The zero-order valence-electron chi connectivity index (χ0n) is 22.7. The molecular weight excluding hydrogens is 514 g/mol. The van der Waals surface area contributed by atoms with Crippen LogP contribution in [0.25, 0.3) is 0 Å². The number of anilines is 1. The summed E-state index contributed by atoms with van der Waals surface area (Å²) in [5, 5.41) is 7.95. The molecule has 0 spiro atoms. The van der Waals surface area contributed by atoms with E-state index < -0.39 is 29.4 Å². The molecule has 3 N–H and O–H groups in total. The topological polar surface area (TPSA) is 148 Å². The molecule has 5 amide bonds. The van der Waals surface area contributed by atoms with Crippen molar-refractivity contribution in [3.63, 3.8) is 0 Å². The fourth-order valence-electron chi connectivity index (χ4n) is 2.73. The molecule has 0 unspecified atom stereocenters. The number of urea groups is 1. The molecule has 0 bridgehead atoms. The number of amides is 5. The number of hydrogen-bond acceptors (Lipinski definition) is 9. The summed E-state index contributed by atoms with van der Waals surface area (Å²) in [6.45, 7) is 11.7. The van der Waals surface area contributed by atoms with E-state index in [2.05, 4.69) is 21.0 Å². The van der Waals surface area contributed by atoms with Gasteiger partial charge in [0.25, 0.3) is 0 Å². The highest BCUT2D eigenvalue weighted by molar-refractivity contribution is 7.13. The standard InChI is InChI=1S/C25H35N5O7S/c1-16(31)27-21-28-18(15-38-21)14-35-19-10-8-17(9-11-19)12-13-26-20(32)29-30(22(33)36-24(2,3)4)23(34)37-25(5,6)7/h8-11,15H,12-14H2,1-7H3,(H2,26,29,32)(H,27,28,31). The van der Waals surface area contributed by atoms with Gasteiger partial charge >= 0.3 is 18.2 Å². The molecule has 0 aliphatic carbocycles. The molecule has 0 saturated heterocycles. The number of nitrogens with zero attached hydrogens (tertiary/aromatic N) is 2. The van der Waals surface area contributed by atoms with Crippen molar-refractivity contribution in [2.75, 3.05) is 11.9 Å². The van der Waals surface area contributed by atoms with E-state index >= 15 is 0 Å². The monoisotopic (exact) mass is 549 g/mol. The summed E-state index contributed by atoms with van der Waals surface area (Å²) < 4.78 is 16.1. The molecule has 0 fully saturated rings. The number of nitrogens with one attached hydrogen (secondary N) is 3. The molecule has 2 rings (SSSR count). The first-order valence-electron chi connectivity index (χ1n) is 11.9. The van der Waals surface area contributed by atoms with Crippen molar-refractivity contribution in [1.29, 1.82) is 0 Å². The number of thiazole rings is 1. The van der Waals surface area contributed by atoms with Crippen molar-refractivity contribution in [3.05, 3.63) is 40.9 Å². The number of hydrazine groups is 1. The van der Waals surface area contributed by atoms with Gasteiger partial charge in [0.15, 0.2) is 5.13 Å². The molecule has 0 aliphatic rings. The second-order valence-electron chi connectivity index (χ2n) is 10.2. The van der Waals surface area contributed by atoms with Crippen LogP contribution in [-0.2, 0) is 27.3 Å². The fourth-order valence-corrected chi connectivity index (χ4v) is 3.47. The van der Waals surface area contributed by atoms with Gasteiger partial charge in [0.05, 0.1) is 5.69 Å². The van der Waals surface area contributed by atoms with Gasteiger partial charge in [-0.2, -0.15) is 0 Å². The van der Waals surface area contributed by atoms with E-state index in [0.29, 0.717) is 28.0 Å². The second kappa shape index (κ2) is 13.1. The van der Waals surface area contributed by atoms with E-state index in [1.807, 2.05) is 17.5 Å². The van der Waals surface area contributed by atoms with E-state index in [1.165, 1.54) is 18.3 Å². The Kier molecular flexibility index (Phi) is 10.5. The van der Waals surface area contributed by atoms with Crippen molar-refractivity contribution < 1.29 is 33.4 Å². The Morgan fingerprint density at radius 3 is 2.05 bits per heavy atom. The average Bonchev–Trinajstić information content (AvgIpc) is 3.21. The van der Waals surface area contributed by atoms with Gasteiger partial charge < -0.3 is 24.8 Å². The zero-order chi connectivity index (χ0) is 28.5. The normalized spacial score (nSPS) is 11.2. The van der Waals surface area contributed by atoms with Crippen LogP contribution in [0.2, 0.25) is 0 Å². The number of carbonyl (C=O) groups excluding carboxylic acids is 4. The summed E-state index contributed by atoms with van der Waals surface area (Å²) >= 11 is 1.32. The van der Waals surface area contributed by atoms with Crippen molar-refractivity contribution in [1.82, 2.24) is 20.7 Å². The molecule has 208 valence electrons. The van der Waals surface area contributed by atoms with Crippen molar-refractivity contribution in [2.24, 2.45) is 0 Å². The molecule has 0 aliphatic heterocycles. The van der Waals surface area contributed by atoms with E-state index in [1.54, 1.807) is 53.7 Å². The van der Waals surface area contributed by atoms with Crippen LogP contribution in [0.5, 0.6) is 5.75 Å². The Labute approximate surface area is 226 Å². The second-order valence-corrected chi connectivity index (χ2v) is 11.0. The van der Waals surface area contributed by atoms with Crippen LogP contribution < -0.4 is 20.8 Å². The predicted octanol–water partition coefficient (Wildman–Crippen LogP) is 4.61. The Balaban J connectivity index is 1.84. The minimum atomic E-state index is -1.07. The van der Waals surface area contributed by atoms with E-state index in [0.717, 1.165) is 5.56 Å². The van der Waals surface area contributed by atoms with Gasteiger partial charge in [-0.25, -0.2) is 24.8 Å². The number of ether oxygens (including phenoxy) is 3. The van der Waals surface area contributed by atoms with Gasteiger partial charge in [-0.1, -0.05) is 12.1 Å². The third-order valence-electron chi connectivity index (χ3n) is 4.21. The third-order valence-corrected chi connectivity index (χ3v) is 5.02. The molecule has 0 atom stereocenters. The fraction of sp³-hybridized carbons (Fsp3) is 0.480. The maximum atomic E-state index is 12.5. The number of imide groups is 1. The molecule has 38 heavy (non-hydrogen) atoms. The molecule has 1 heterocycles. The highest BCUT2D eigenvalue weighted by Crippen LogP contribution is 2.19. The SMILES string of the molecule is CC(=O)Nc1nc(COc2ccc(CCNC(=O)NN(C(=O)OC(C)(C)C)C(=O)OC(C)(C)C)cc2)cs1. The third kappa shape index (κ3) is 11.5. The number of hydrogen-bond donors (Lipinski definition) is 3. The first-order chi connectivity index (χ1) is 17.6. The molecule has 13 heteroatoms. The summed E-state index contributed by atoms with van der Waals surface area (Å²) in [6, 6.07) is 6.52. The van der Waals surface area contributed by atoms with Crippen molar-refractivity contribution >= 4 is 40.6 Å². The Hall–Kier alpha value is -3.87. The van der Waals surface area contributed by atoms with Crippen LogP contribution in [0.3, 0.4) is 0 Å². The maximum Gasteiger partial charge on any atom is 0.439 e. The minimum Gasteiger partial charge on any atom is -0.487 e. The molecule has 1 aromatic carbocycles. The number of rotatable bonds is 7. The minimum absolute atomic E-state index is 0.183. The Bertz CT molecular complexity index is 1090. The zero-order valence-corrected chi connectivity index (χ0v) is 23.5. The van der Waals surface area contributed by atoms with Gasteiger partial charge in [0.1, 0.15) is 23.6 Å². The van der Waals surface area contributed by atoms with E-state index in [9.17, 15) is 19.2 Å². The summed E-state index contributed by atoms with van der Waals surface area (Å²) in [4.78, 5) is 52.7. The van der Waals surface area contributed by atoms with Gasteiger partial charge in [-0.15, -0.1) is 16.3 Å². The van der Waals surface area contributed by atoms with Crippen LogP contribution in [0.15, 0.2) is 29.6 Å². The Morgan fingerprint density at radius 1 is 0.947 bits per heavy atom. The lowest BCUT2D eigenvalue weighted by Gasteiger charge is -2.28. The quantitative estimate of drug-likeness (QED) is 0.424. The summed E-state index contributed by atoms with van der Waals surface area (Å²) in [7, 11) is 0. The van der Waals surface area contributed by atoms with Gasteiger partial charge in [-0.05, 0) is 65.7 Å². The number of aromatic nitrogens is 1. The number of benzene rings is 1. The van der Waals surface area contributed by atoms with Crippen LogP contribution >= 0.6 is 11.3 Å². The smallest absolute Gasteiger partial charge is 0.439 e. The highest BCUT2D eigenvalue weighted by Gasteiger charge is 2.32. The van der Waals surface area contributed by atoms with Gasteiger partial charge in [0.2, 0.25) is 5.91 Å². The summed E-state index contributed by atoms with van der Waals surface area (Å²) in [5.74, 6) is 0.455. The largest absolute Gasteiger partial charge is 0.487 e. The van der Waals surface area contributed by atoms with Crippen molar-refractivity contribution in [3.8, 4) is 5.75 Å². The lowest BCUT2D eigenvalue weighted by molar-refractivity contribution is -0.114. The van der Waals surface area contributed by atoms with E-state index in [-0.39, 0.29) is 19.1 Å². The molecule has 2 aromatic rings. The first-order valence-corrected chi connectivity index (χ1v) is 12.7. The predicted molar refractivity (Wildman–Crippen MR) is 142 cm³/mol. The number of carbonyl (C=O) groups is 4. The lowest BCUT2D eigenvalue weighted by atomic mass is 10.1. The molecule has 0 saturated carbocycles. The van der Waals surface area contributed by atoms with Crippen LogP contribution in [0, 0.1) is 0 Å². The van der Waals surface area contributed by atoms with Crippen molar-refractivity contribution in [2.45, 2.75) is 72.7 Å². The van der Waals surface area contributed by atoms with Crippen LogP contribution in [0.1, 0.15) is 59.7 Å².